The fraction of sp³-hybridized carbons (Fsp3) is 0.207. The van der Waals surface area contributed by atoms with Gasteiger partial charge in [0, 0.05) is 30.4 Å². The SMILES string of the molecule is CC(C)(CO)C(=O)NCCn1ccc2ncnc(Nc3ccc(Oc4cccc5ccccc45)c(Cl)c3)c21. The fourth-order valence-electron chi connectivity index (χ4n) is 4.11. The summed E-state index contributed by atoms with van der Waals surface area (Å²) < 4.78 is 8.14. The van der Waals surface area contributed by atoms with Crippen LogP contribution in [0.15, 0.2) is 79.3 Å². The Balaban J connectivity index is 1.33. The highest BCUT2D eigenvalue weighted by Crippen LogP contribution is 2.36. The van der Waals surface area contributed by atoms with Crippen molar-refractivity contribution in [3.8, 4) is 11.5 Å². The molecule has 2 heterocycles. The van der Waals surface area contributed by atoms with E-state index in [9.17, 15) is 9.90 Å². The summed E-state index contributed by atoms with van der Waals surface area (Å²) in [4.78, 5) is 21.1. The molecule has 5 aromatic rings. The van der Waals surface area contributed by atoms with Crippen molar-refractivity contribution >= 4 is 50.8 Å². The Morgan fingerprint density at radius 2 is 1.87 bits per heavy atom. The molecule has 0 radical (unpaired) electrons. The van der Waals surface area contributed by atoms with Gasteiger partial charge in [-0.2, -0.15) is 0 Å². The second kappa shape index (κ2) is 10.7. The zero-order valence-electron chi connectivity index (χ0n) is 21.1. The first kappa shape index (κ1) is 25.5. The van der Waals surface area contributed by atoms with Crippen LogP contribution < -0.4 is 15.4 Å². The van der Waals surface area contributed by atoms with Crippen LogP contribution in [0.25, 0.3) is 21.8 Å². The largest absolute Gasteiger partial charge is 0.455 e. The highest BCUT2D eigenvalue weighted by Gasteiger charge is 2.26. The van der Waals surface area contributed by atoms with Crippen LogP contribution >= 0.6 is 11.6 Å². The molecule has 3 N–H and O–H groups in total. The van der Waals surface area contributed by atoms with Crippen molar-refractivity contribution < 1.29 is 14.6 Å². The predicted molar refractivity (Wildman–Crippen MR) is 150 cm³/mol. The molecule has 0 saturated carbocycles. The Morgan fingerprint density at radius 1 is 1.05 bits per heavy atom. The number of aromatic nitrogens is 3. The Hall–Kier alpha value is -4.14. The van der Waals surface area contributed by atoms with Crippen molar-refractivity contribution in [2.24, 2.45) is 5.41 Å². The van der Waals surface area contributed by atoms with Crippen LogP contribution in [0.4, 0.5) is 11.5 Å². The molecule has 0 aliphatic rings. The van der Waals surface area contributed by atoms with E-state index in [0.29, 0.717) is 29.7 Å². The van der Waals surface area contributed by atoms with Crippen molar-refractivity contribution in [3.63, 3.8) is 0 Å². The highest BCUT2D eigenvalue weighted by atomic mass is 35.5. The number of aliphatic hydroxyl groups is 1. The maximum atomic E-state index is 12.3. The summed E-state index contributed by atoms with van der Waals surface area (Å²) >= 11 is 6.61. The first-order chi connectivity index (χ1) is 18.4. The number of anilines is 2. The predicted octanol–water partition coefficient (Wildman–Crippen LogP) is 5.91. The Kier molecular flexibility index (Phi) is 7.18. The zero-order valence-corrected chi connectivity index (χ0v) is 21.9. The molecule has 38 heavy (non-hydrogen) atoms. The summed E-state index contributed by atoms with van der Waals surface area (Å²) in [6, 6.07) is 21.3. The second-order valence-electron chi connectivity index (χ2n) is 9.61. The van der Waals surface area contributed by atoms with Gasteiger partial charge >= 0.3 is 0 Å². The average molecular weight is 530 g/mol. The molecule has 1 amide bonds. The van der Waals surface area contributed by atoms with Crippen LogP contribution in [0.2, 0.25) is 5.02 Å². The first-order valence-electron chi connectivity index (χ1n) is 12.3. The highest BCUT2D eigenvalue weighted by molar-refractivity contribution is 6.32. The van der Waals surface area contributed by atoms with Gasteiger partial charge in [-0.05, 0) is 49.6 Å². The number of carbonyl (C=O) groups is 1. The minimum Gasteiger partial charge on any atom is -0.455 e. The van der Waals surface area contributed by atoms with Crippen LogP contribution in [-0.4, -0.2) is 38.7 Å². The third-order valence-corrected chi connectivity index (χ3v) is 6.66. The van der Waals surface area contributed by atoms with Gasteiger partial charge in [0.2, 0.25) is 5.91 Å². The first-order valence-corrected chi connectivity index (χ1v) is 12.6. The lowest BCUT2D eigenvalue weighted by Gasteiger charge is -2.20. The fourth-order valence-corrected chi connectivity index (χ4v) is 4.33. The minimum absolute atomic E-state index is 0.202. The van der Waals surface area contributed by atoms with Gasteiger partial charge in [-0.25, -0.2) is 9.97 Å². The third kappa shape index (κ3) is 5.27. The molecule has 0 bridgehead atoms. The molecule has 0 aliphatic heterocycles. The minimum atomic E-state index is -0.836. The van der Waals surface area contributed by atoms with Gasteiger partial charge < -0.3 is 25.0 Å². The number of aliphatic hydroxyl groups excluding tert-OH is 1. The van der Waals surface area contributed by atoms with E-state index in [2.05, 4.69) is 20.6 Å². The summed E-state index contributed by atoms with van der Waals surface area (Å²) in [6.07, 6.45) is 3.40. The second-order valence-corrected chi connectivity index (χ2v) is 10.0. The molecular weight excluding hydrogens is 502 g/mol. The molecule has 0 unspecified atom stereocenters. The molecule has 194 valence electrons. The molecular formula is C29H28ClN5O3. The summed E-state index contributed by atoms with van der Waals surface area (Å²) in [7, 11) is 0. The maximum Gasteiger partial charge on any atom is 0.228 e. The molecule has 0 aliphatic carbocycles. The van der Waals surface area contributed by atoms with Gasteiger partial charge in [-0.1, -0.05) is 48.0 Å². The van der Waals surface area contributed by atoms with Crippen molar-refractivity contribution in [2.45, 2.75) is 20.4 Å². The Labute approximate surface area is 225 Å². The van der Waals surface area contributed by atoms with Gasteiger partial charge in [0.15, 0.2) is 5.82 Å². The normalized spacial score (nSPS) is 11.6. The van der Waals surface area contributed by atoms with E-state index in [0.717, 1.165) is 33.2 Å². The molecule has 8 nitrogen and oxygen atoms in total. The summed E-state index contributed by atoms with van der Waals surface area (Å²) in [5.41, 5.74) is 1.48. The van der Waals surface area contributed by atoms with Crippen LogP contribution in [0, 0.1) is 5.41 Å². The number of fused-ring (bicyclic) bond motifs is 2. The van der Waals surface area contributed by atoms with Gasteiger partial charge in [0.05, 0.1) is 22.6 Å². The number of rotatable bonds is 9. The molecule has 5 rings (SSSR count). The maximum absolute atomic E-state index is 12.3. The summed E-state index contributed by atoms with van der Waals surface area (Å²) in [5, 5.41) is 18.2. The number of benzene rings is 3. The number of hydrogen-bond donors (Lipinski definition) is 3. The van der Waals surface area contributed by atoms with E-state index in [4.69, 9.17) is 16.3 Å². The van der Waals surface area contributed by atoms with Crippen LogP contribution in [0.3, 0.4) is 0 Å². The standard InChI is InChI=1S/C29H28ClN5O3/c1-29(2,17-36)28(37)31-13-15-35-14-12-23-26(35)27(33-18-32-23)34-20-10-11-25(22(30)16-20)38-24-9-5-7-19-6-3-4-8-21(19)24/h3-12,14,16,18,36H,13,15,17H2,1-2H3,(H,31,37)(H,32,33,34). The van der Waals surface area contributed by atoms with E-state index >= 15 is 0 Å². The number of hydrogen-bond acceptors (Lipinski definition) is 6. The van der Waals surface area contributed by atoms with Gasteiger partial charge in [-0.3, -0.25) is 4.79 Å². The zero-order chi connectivity index (χ0) is 26.7. The van der Waals surface area contributed by atoms with Gasteiger partial charge in [0.1, 0.15) is 23.3 Å². The van der Waals surface area contributed by atoms with Crippen LogP contribution in [-0.2, 0) is 11.3 Å². The molecule has 0 atom stereocenters. The molecule has 0 saturated heterocycles. The topological polar surface area (TPSA) is 101 Å². The van der Waals surface area contributed by atoms with E-state index < -0.39 is 5.41 Å². The quantitative estimate of drug-likeness (QED) is 0.219. The number of amides is 1. The Bertz CT molecular complexity index is 1610. The molecule has 0 spiro atoms. The molecule has 3 aromatic carbocycles. The smallest absolute Gasteiger partial charge is 0.228 e. The van der Waals surface area contributed by atoms with E-state index in [1.54, 1.807) is 19.9 Å². The van der Waals surface area contributed by atoms with Crippen molar-refractivity contribution in [1.82, 2.24) is 19.9 Å². The number of nitrogens with zero attached hydrogens (tertiary/aromatic N) is 3. The molecule has 0 fully saturated rings. The summed E-state index contributed by atoms with van der Waals surface area (Å²) in [5.74, 6) is 1.69. The molecule has 2 aromatic heterocycles. The van der Waals surface area contributed by atoms with Crippen molar-refractivity contribution in [1.29, 1.82) is 0 Å². The van der Waals surface area contributed by atoms with E-state index in [1.165, 1.54) is 6.33 Å². The lowest BCUT2D eigenvalue weighted by Crippen LogP contribution is -2.40. The third-order valence-electron chi connectivity index (χ3n) is 6.36. The number of carbonyl (C=O) groups excluding carboxylic acids is 1. The van der Waals surface area contributed by atoms with Crippen molar-refractivity contribution in [2.75, 3.05) is 18.5 Å². The van der Waals surface area contributed by atoms with Crippen LogP contribution in [0.5, 0.6) is 11.5 Å². The van der Waals surface area contributed by atoms with E-state index in [1.807, 2.05) is 71.4 Å². The van der Waals surface area contributed by atoms with E-state index in [-0.39, 0.29) is 12.5 Å². The average Bonchev–Trinajstić information content (AvgIpc) is 3.34. The monoisotopic (exact) mass is 529 g/mol. The lowest BCUT2D eigenvalue weighted by molar-refractivity contribution is -0.131. The summed E-state index contributed by atoms with van der Waals surface area (Å²) in [6.45, 7) is 4.09. The van der Waals surface area contributed by atoms with Gasteiger partial charge in [0.25, 0.3) is 0 Å². The van der Waals surface area contributed by atoms with Crippen molar-refractivity contribution in [3.05, 3.63) is 84.3 Å². The lowest BCUT2D eigenvalue weighted by atomic mass is 9.94. The van der Waals surface area contributed by atoms with Gasteiger partial charge in [-0.15, -0.1) is 0 Å². The number of ether oxygens (including phenoxy) is 1. The Morgan fingerprint density at radius 3 is 2.68 bits per heavy atom. The van der Waals surface area contributed by atoms with Crippen LogP contribution in [0.1, 0.15) is 13.8 Å². The number of halogens is 1. The number of nitrogens with one attached hydrogen (secondary N) is 2. The molecule has 9 heteroatoms.